The van der Waals surface area contributed by atoms with Gasteiger partial charge in [0.25, 0.3) is 0 Å². The third-order valence-corrected chi connectivity index (χ3v) is 1.82. The third-order valence-electron chi connectivity index (χ3n) is 1.59. The van der Waals surface area contributed by atoms with Gasteiger partial charge in [0.15, 0.2) is 0 Å². The molecule has 0 fully saturated rings. The van der Waals surface area contributed by atoms with Gasteiger partial charge in [-0.05, 0) is 17.0 Å². The minimum Gasteiger partial charge on any atom is -0.244 e. The standard InChI is InChI=1S/C9H12ClN/c1-9(2,3)7-4-5-8(10)11-6-7/h4-6H,1-3H3. The summed E-state index contributed by atoms with van der Waals surface area (Å²) < 4.78 is 0. The van der Waals surface area contributed by atoms with E-state index in [2.05, 4.69) is 25.8 Å². The predicted molar refractivity (Wildman–Crippen MR) is 47.9 cm³/mol. The van der Waals surface area contributed by atoms with Gasteiger partial charge in [-0.15, -0.1) is 0 Å². The van der Waals surface area contributed by atoms with E-state index in [4.69, 9.17) is 11.6 Å². The largest absolute Gasteiger partial charge is 0.244 e. The first-order valence-corrected chi connectivity index (χ1v) is 4.00. The highest BCUT2D eigenvalue weighted by Crippen LogP contribution is 2.21. The van der Waals surface area contributed by atoms with E-state index in [0.29, 0.717) is 5.15 Å². The number of aromatic nitrogens is 1. The molecule has 0 aliphatic carbocycles. The van der Waals surface area contributed by atoms with Crippen LogP contribution >= 0.6 is 11.6 Å². The molecule has 0 atom stereocenters. The predicted octanol–water partition coefficient (Wildman–Crippen LogP) is 3.03. The Kier molecular flexibility index (Phi) is 2.19. The molecule has 1 rings (SSSR count). The smallest absolute Gasteiger partial charge is 0.129 e. The highest BCUT2D eigenvalue weighted by Gasteiger charge is 2.12. The van der Waals surface area contributed by atoms with Gasteiger partial charge in [-0.25, -0.2) is 4.98 Å². The summed E-state index contributed by atoms with van der Waals surface area (Å²) >= 11 is 5.65. The normalized spacial score (nSPS) is 11.6. The highest BCUT2D eigenvalue weighted by molar-refractivity contribution is 6.29. The van der Waals surface area contributed by atoms with Crippen LogP contribution in [0, 0.1) is 0 Å². The molecule has 11 heavy (non-hydrogen) atoms. The molecule has 0 aliphatic rings. The molecule has 0 aliphatic heterocycles. The second-order valence-electron chi connectivity index (χ2n) is 3.62. The van der Waals surface area contributed by atoms with Crippen molar-refractivity contribution in [1.29, 1.82) is 0 Å². The first-order valence-electron chi connectivity index (χ1n) is 3.62. The van der Waals surface area contributed by atoms with Crippen molar-refractivity contribution in [2.75, 3.05) is 0 Å². The van der Waals surface area contributed by atoms with Crippen LogP contribution in [0.1, 0.15) is 26.3 Å². The Bertz CT molecular complexity index is 233. The van der Waals surface area contributed by atoms with Crippen LogP contribution in [-0.4, -0.2) is 4.98 Å². The lowest BCUT2D eigenvalue weighted by Gasteiger charge is -2.17. The molecule has 0 spiro atoms. The summed E-state index contributed by atoms with van der Waals surface area (Å²) in [6, 6.07) is 3.83. The SMILES string of the molecule is CC(C)(C)c1ccc(Cl)nc1. The average molecular weight is 170 g/mol. The van der Waals surface area contributed by atoms with Crippen molar-refractivity contribution in [2.24, 2.45) is 0 Å². The molecule has 0 saturated carbocycles. The fourth-order valence-electron chi connectivity index (χ4n) is 0.819. The van der Waals surface area contributed by atoms with Gasteiger partial charge in [0.05, 0.1) is 0 Å². The van der Waals surface area contributed by atoms with E-state index in [0.717, 1.165) is 0 Å². The van der Waals surface area contributed by atoms with Crippen molar-refractivity contribution < 1.29 is 0 Å². The zero-order chi connectivity index (χ0) is 8.48. The van der Waals surface area contributed by atoms with E-state index < -0.39 is 0 Å². The second kappa shape index (κ2) is 2.82. The molecule has 0 aromatic carbocycles. The maximum Gasteiger partial charge on any atom is 0.129 e. The summed E-state index contributed by atoms with van der Waals surface area (Å²) in [6.45, 7) is 6.45. The molecule has 1 heterocycles. The van der Waals surface area contributed by atoms with Crippen LogP contribution in [0.25, 0.3) is 0 Å². The Balaban J connectivity index is 2.99. The van der Waals surface area contributed by atoms with Crippen molar-refractivity contribution in [3.8, 4) is 0 Å². The molecule has 0 radical (unpaired) electrons. The fourth-order valence-corrected chi connectivity index (χ4v) is 0.931. The van der Waals surface area contributed by atoms with Gasteiger partial charge in [-0.1, -0.05) is 38.4 Å². The molecular formula is C9H12ClN. The maximum absolute atomic E-state index is 5.65. The van der Waals surface area contributed by atoms with Crippen molar-refractivity contribution in [2.45, 2.75) is 26.2 Å². The van der Waals surface area contributed by atoms with Crippen LogP contribution in [0.2, 0.25) is 5.15 Å². The van der Waals surface area contributed by atoms with E-state index in [-0.39, 0.29) is 5.41 Å². The highest BCUT2D eigenvalue weighted by atomic mass is 35.5. The average Bonchev–Trinajstić information content (AvgIpc) is 1.86. The molecular weight excluding hydrogens is 158 g/mol. The lowest BCUT2D eigenvalue weighted by atomic mass is 9.88. The Labute approximate surface area is 72.4 Å². The summed E-state index contributed by atoms with van der Waals surface area (Å²) in [7, 11) is 0. The van der Waals surface area contributed by atoms with Gasteiger partial charge in [0.1, 0.15) is 5.15 Å². The van der Waals surface area contributed by atoms with E-state index in [9.17, 15) is 0 Å². The summed E-state index contributed by atoms with van der Waals surface area (Å²) in [5.41, 5.74) is 1.37. The van der Waals surface area contributed by atoms with E-state index in [1.54, 1.807) is 0 Å². The van der Waals surface area contributed by atoms with Gasteiger partial charge >= 0.3 is 0 Å². The van der Waals surface area contributed by atoms with Gasteiger partial charge in [-0.2, -0.15) is 0 Å². The number of hydrogen-bond donors (Lipinski definition) is 0. The Morgan fingerprint density at radius 1 is 1.27 bits per heavy atom. The molecule has 60 valence electrons. The first kappa shape index (κ1) is 8.54. The molecule has 0 amide bonds. The van der Waals surface area contributed by atoms with Crippen LogP contribution in [0.4, 0.5) is 0 Å². The Morgan fingerprint density at radius 2 is 1.91 bits per heavy atom. The van der Waals surface area contributed by atoms with E-state index in [1.165, 1.54) is 5.56 Å². The molecule has 0 saturated heterocycles. The van der Waals surface area contributed by atoms with Crippen molar-refractivity contribution in [1.82, 2.24) is 4.98 Å². The number of halogens is 1. The zero-order valence-electron chi connectivity index (χ0n) is 7.06. The van der Waals surface area contributed by atoms with Crippen LogP contribution in [-0.2, 0) is 5.41 Å². The minimum atomic E-state index is 0.164. The van der Waals surface area contributed by atoms with Crippen LogP contribution in [0.15, 0.2) is 18.3 Å². The summed E-state index contributed by atoms with van der Waals surface area (Å²) in [4.78, 5) is 4.01. The number of nitrogens with zero attached hydrogens (tertiary/aromatic N) is 1. The van der Waals surface area contributed by atoms with Crippen molar-refractivity contribution in [3.63, 3.8) is 0 Å². The number of hydrogen-bond acceptors (Lipinski definition) is 1. The van der Waals surface area contributed by atoms with Crippen LogP contribution < -0.4 is 0 Å². The fraction of sp³-hybridized carbons (Fsp3) is 0.444. The summed E-state index contributed by atoms with van der Waals surface area (Å²) in [6.07, 6.45) is 1.82. The third kappa shape index (κ3) is 2.19. The quantitative estimate of drug-likeness (QED) is 0.544. The second-order valence-corrected chi connectivity index (χ2v) is 4.01. The van der Waals surface area contributed by atoms with Gasteiger partial charge in [0, 0.05) is 6.20 Å². The minimum absolute atomic E-state index is 0.164. The Hall–Kier alpha value is -0.560. The molecule has 1 nitrogen and oxygen atoms in total. The monoisotopic (exact) mass is 169 g/mol. The number of pyridine rings is 1. The van der Waals surface area contributed by atoms with Gasteiger partial charge in [-0.3, -0.25) is 0 Å². The molecule has 0 bridgehead atoms. The molecule has 2 heteroatoms. The van der Waals surface area contributed by atoms with Gasteiger partial charge < -0.3 is 0 Å². The number of rotatable bonds is 0. The summed E-state index contributed by atoms with van der Waals surface area (Å²) in [5, 5.41) is 0.554. The van der Waals surface area contributed by atoms with Crippen LogP contribution in [0.3, 0.4) is 0 Å². The zero-order valence-corrected chi connectivity index (χ0v) is 7.81. The van der Waals surface area contributed by atoms with Crippen molar-refractivity contribution >= 4 is 11.6 Å². The molecule has 1 aromatic heterocycles. The maximum atomic E-state index is 5.65. The van der Waals surface area contributed by atoms with E-state index in [1.807, 2.05) is 18.3 Å². The first-order chi connectivity index (χ1) is 5.00. The lowest BCUT2D eigenvalue weighted by Crippen LogP contribution is -2.10. The molecule has 1 aromatic rings. The Morgan fingerprint density at radius 3 is 2.27 bits per heavy atom. The lowest BCUT2D eigenvalue weighted by molar-refractivity contribution is 0.587. The van der Waals surface area contributed by atoms with Gasteiger partial charge in [0.2, 0.25) is 0 Å². The van der Waals surface area contributed by atoms with E-state index >= 15 is 0 Å². The molecule has 0 N–H and O–H groups in total. The topological polar surface area (TPSA) is 12.9 Å². The summed E-state index contributed by atoms with van der Waals surface area (Å²) in [5.74, 6) is 0. The molecule has 0 unspecified atom stereocenters. The van der Waals surface area contributed by atoms with Crippen molar-refractivity contribution in [3.05, 3.63) is 29.0 Å². The van der Waals surface area contributed by atoms with Crippen LogP contribution in [0.5, 0.6) is 0 Å².